The summed E-state index contributed by atoms with van der Waals surface area (Å²) < 4.78 is 15.9. The number of carbonyl (C=O) groups is 3. The van der Waals surface area contributed by atoms with Crippen molar-refractivity contribution in [3.05, 3.63) is 82.0 Å². The Hall–Kier alpha value is -3.47. The van der Waals surface area contributed by atoms with Gasteiger partial charge in [-0.15, -0.1) is 4.36 Å². The Morgan fingerprint density at radius 3 is 2.21 bits per heavy atom. The summed E-state index contributed by atoms with van der Waals surface area (Å²) in [5.41, 5.74) is 5.52. The van der Waals surface area contributed by atoms with Gasteiger partial charge >= 0.3 is 6.03 Å². The molecule has 0 saturated heterocycles. The van der Waals surface area contributed by atoms with Gasteiger partial charge in [0.1, 0.15) is 5.82 Å². The first-order chi connectivity index (χ1) is 15.5. The second-order valence-corrected chi connectivity index (χ2v) is 9.85. The largest absolute Gasteiger partial charge is 0.349 e. The summed E-state index contributed by atoms with van der Waals surface area (Å²) >= 11 is 11.8. The normalized spacial score (nSPS) is 12.3. The maximum absolute atomic E-state index is 12.8. The number of carbonyl (C=O) groups excluding carboxylic acids is 3. The van der Waals surface area contributed by atoms with Crippen molar-refractivity contribution in [3.63, 3.8) is 0 Å². The Morgan fingerprint density at radius 2 is 1.61 bits per heavy atom. The van der Waals surface area contributed by atoms with E-state index in [0.29, 0.717) is 10.0 Å². The number of pyridine rings is 1. The molecule has 0 aliphatic heterocycles. The minimum absolute atomic E-state index is 0.112. The Kier molecular flexibility index (Phi) is 7.32. The van der Waals surface area contributed by atoms with Crippen LogP contribution in [0.1, 0.15) is 20.7 Å². The van der Waals surface area contributed by atoms with Gasteiger partial charge in [0.2, 0.25) is 0 Å². The first kappa shape index (κ1) is 24.2. The van der Waals surface area contributed by atoms with Gasteiger partial charge < -0.3 is 16.4 Å². The number of anilines is 2. The molecule has 0 spiro atoms. The molecule has 1 atom stereocenters. The minimum Gasteiger partial charge on any atom is -0.349 e. The van der Waals surface area contributed by atoms with Crippen molar-refractivity contribution >= 4 is 62.3 Å². The molecular formula is C21H17Cl2N5O4S. The molecule has 9 nitrogen and oxygen atoms in total. The van der Waals surface area contributed by atoms with Crippen molar-refractivity contribution in [1.29, 1.82) is 0 Å². The second kappa shape index (κ2) is 9.99. The number of hydrogen-bond acceptors (Lipinski definition) is 5. The number of halogens is 2. The zero-order valence-electron chi connectivity index (χ0n) is 17.0. The van der Waals surface area contributed by atoms with Crippen LogP contribution in [0.2, 0.25) is 10.0 Å². The molecule has 0 saturated carbocycles. The molecule has 4 N–H and O–H groups in total. The lowest BCUT2D eigenvalue weighted by molar-refractivity contribution is 0.102. The van der Waals surface area contributed by atoms with Crippen molar-refractivity contribution in [2.75, 3.05) is 16.9 Å². The van der Waals surface area contributed by atoms with E-state index in [1.54, 1.807) is 6.07 Å². The number of amides is 4. The maximum Gasteiger partial charge on any atom is 0.346 e. The molecule has 0 radical (unpaired) electrons. The molecule has 33 heavy (non-hydrogen) atoms. The van der Waals surface area contributed by atoms with E-state index in [2.05, 4.69) is 20.0 Å². The highest BCUT2D eigenvalue weighted by Gasteiger charge is 2.17. The zero-order chi connectivity index (χ0) is 24.2. The Labute approximate surface area is 199 Å². The number of hydrogen-bond donors (Lipinski definition) is 3. The Morgan fingerprint density at radius 1 is 0.939 bits per heavy atom. The molecule has 1 aromatic heterocycles. The van der Waals surface area contributed by atoms with E-state index in [9.17, 15) is 18.6 Å². The molecule has 0 aliphatic rings. The molecule has 0 bridgehead atoms. The fourth-order valence-electron chi connectivity index (χ4n) is 2.72. The number of aromatic nitrogens is 1. The molecule has 12 heteroatoms. The monoisotopic (exact) mass is 505 g/mol. The molecule has 3 aromatic rings. The van der Waals surface area contributed by atoms with Gasteiger partial charge in [-0.1, -0.05) is 23.2 Å². The fraction of sp³-hybridized carbons (Fsp3) is 0.0476. The average molecular weight is 506 g/mol. The van der Waals surface area contributed by atoms with E-state index in [-0.39, 0.29) is 27.5 Å². The third-order valence-electron chi connectivity index (χ3n) is 4.26. The number of urea groups is 1. The van der Waals surface area contributed by atoms with Gasteiger partial charge in [-0.25, -0.2) is 14.0 Å². The summed E-state index contributed by atoms with van der Waals surface area (Å²) in [6, 6.07) is 12.1. The van der Waals surface area contributed by atoms with Crippen molar-refractivity contribution in [2.24, 2.45) is 10.1 Å². The van der Waals surface area contributed by atoms with Gasteiger partial charge in [-0.2, -0.15) is 0 Å². The fourth-order valence-corrected chi connectivity index (χ4v) is 4.10. The highest BCUT2D eigenvalue weighted by atomic mass is 35.5. The molecule has 2 aromatic carbocycles. The van der Waals surface area contributed by atoms with Crippen LogP contribution in [-0.2, 0) is 9.73 Å². The topological polar surface area (TPSA) is 144 Å². The van der Waals surface area contributed by atoms with Gasteiger partial charge in [0, 0.05) is 27.9 Å². The Balaban J connectivity index is 1.82. The van der Waals surface area contributed by atoms with Crippen LogP contribution < -0.4 is 16.4 Å². The van der Waals surface area contributed by atoms with Crippen LogP contribution >= 0.6 is 23.2 Å². The summed E-state index contributed by atoms with van der Waals surface area (Å²) in [4.78, 5) is 40.7. The van der Waals surface area contributed by atoms with E-state index in [0.717, 1.165) is 0 Å². The van der Waals surface area contributed by atoms with Crippen LogP contribution in [0.3, 0.4) is 0 Å². The average Bonchev–Trinajstić information content (AvgIpc) is 2.75. The van der Waals surface area contributed by atoms with Gasteiger partial charge in [0.05, 0.1) is 26.0 Å². The van der Waals surface area contributed by atoms with Crippen LogP contribution in [0.15, 0.2) is 70.1 Å². The zero-order valence-corrected chi connectivity index (χ0v) is 19.4. The number of rotatable bonds is 5. The molecule has 1 unspecified atom stereocenters. The van der Waals surface area contributed by atoms with E-state index in [4.69, 9.17) is 28.9 Å². The predicted octanol–water partition coefficient (Wildman–Crippen LogP) is 4.43. The minimum atomic E-state index is -3.03. The first-order valence-electron chi connectivity index (χ1n) is 9.20. The van der Waals surface area contributed by atoms with E-state index < -0.39 is 27.6 Å². The first-order valence-corrected chi connectivity index (χ1v) is 11.9. The summed E-state index contributed by atoms with van der Waals surface area (Å²) in [7, 11) is -3.03. The molecule has 3 rings (SSSR count). The predicted molar refractivity (Wildman–Crippen MR) is 127 cm³/mol. The summed E-state index contributed by atoms with van der Waals surface area (Å²) in [6.07, 6.45) is 2.65. The SMILES string of the molecule is CS(=O)(=NC(N)=O)c1ccc(C(=O)Nc2ccc(Cl)cc2C(=O)Nc2ccc(Cl)cn2)cc1. The Bertz CT molecular complexity index is 1350. The summed E-state index contributed by atoms with van der Waals surface area (Å²) in [5, 5.41) is 5.97. The molecule has 1 heterocycles. The van der Waals surface area contributed by atoms with Crippen LogP contribution in [0.25, 0.3) is 0 Å². The van der Waals surface area contributed by atoms with E-state index >= 15 is 0 Å². The second-order valence-electron chi connectivity index (χ2n) is 6.72. The van der Waals surface area contributed by atoms with Crippen LogP contribution in [0, 0.1) is 0 Å². The highest BCUT2D eigenvalue weighted by Crippen LogP contribution is 2.23. The molecular weight excluding hydrogens is 489 g/mol. The summed E-state index contributed by atoms with van der Waals surface area (Å²) in [6.45, 7) is 0. The third-order valence-corrected chi connectivity index (χ3v) is 6.40. The lowest BCUT2D eigenvalue weighted by Gasteiger charge is -2.12. The van der Waals surface area contributed by atoms with Gasteiger partial charge in [0.15, 0.2) is 0 Å². The van der Waals surface area contributed by atoms with Gasteiger partial charge in [-0.3, -0.25) is 9.59 Å². The summed E-state index contributed by atoms with van der Waals surface area (Å²) in [5.74, 6) is -0.810. The number of benzene rings is 2. The maximum atomic E-state index is 12.8. The van der Waals surface area contributed by atoms with Crippen molar-refractivity contribution in [1.82, 2.24) is 4.98 Å². The lowest BCUT2D eigenvalue weighted by Crippen LogP contribution is -2.19. The molecule has 0 fully saturated rings. The standard InChI is InChI=1S/C21H17Cl2N5O4S/c1-33(32,28-21(24)31)15-6-2-12(3-7-15)19(29)26-17-8-4-13(22)10-16(17)20(30)27-18-9-5-14(23)11-25-18/h2-11H,1H3,(H2,24,31)(H,26,29)(H,25,27,30). The van der Waals surface area contributed by atoms with E-state index in [1.165, 1.54) is 61.0 Å². The van der Waals surface area contributed by atoms with Crippen molar-refractivity contribution in [2.45, 2.75) is 4.90 Å². The van der Waals surface area contributed by atoms with Crippen molar-refractivity contribution < 1.29 is 18.6 Å². The van der Waals surface area contributed by atoms with Crippen LogP contribution in [-0.4, -0.2) is 33.3 Å². The smallest absolute Gasteiger partial charge is 0.346 e. The lowest BCUT2D eigenvalue weighted by atomic mass is 10.1. The third kappa shape index (κ3) is 6.28. The number of primary amides is 1. The van der Waals surface area contributed by atoms with Crippen LogP contribution in [0.5, 0.6) is 0 Å². The van der Waals surface area contributed by atoms with E-state index in [1.807, 2.05) is 0 Å². The number of nitrogens with zero attached hydrogens (tertiary/aromatic N) is 2. The van der Waals surface area contributed by atoms with Crippen LogP contribution in [0.4, 0.5) is 16.3 Å². The molecule has 170 valence electrons. The molecule has 0 aliphatic carbocycles. The number of nitrogens with two attached hydrogens (primary N) is 1. The molecule has 4 amide bonds. The highest BCUT2D eigenvalue weighted by molar-refractivity contribution is 7.93. The van der Waals surface area contributed by atoms with Gasteiger partial charge in [0.25, 0.3) is 11.8 Å². The van der Waals surface area contributed by atoms with Crippen molar-refractivity contribution in [3.8, 4) is 0 Å². The quantitative estimate of drug-likeness (QED) is 0.469. The van der Waals surface area contributed by atoms with Gasteiger partial charge in [-0.05, 0) is 54.6 Å². The number of nitrogens with one attached hydrogen (secondary N) is 2.